The van der Waals surface area contributed by atoms with Gasteiger partial charge in [0.05, 0.1) is 0 Å². The first-order valence-corrected chi connectivity index (χ1v) is 7.95. The fourth-order valence-corrected chi connectivity index (χ4v) is 2.87. The first kappa shape index (κ1) is 15.7. The highest BCUT2D eigenvalue weighted by Gasteiger charge is 2.18. The van der Waals surface area contributed by atoms with Gasteiger partial charge >= 0.3 is 5.97 Å². The molecule has 0 saturated carbocycles. The number of ether oxygens (including phenoxy) is 2. The van der Waals surface area contributed by atoms with E-state index < -0.39 is 0 Å². The molecular formula is C19H20O4. The zero-order chi connectivity index (χ0) is 16.2. The summed E-state index contributed by atoms with van der Waals surface area (Å²) in [6, 6.07) is 11.0. The minimum absolute atomic E-state index is 0.0406. The van der Waals surface area contributed by atoms with E-state index in [1.54, 1.807) is 19.1 Å². The molecule has 4 heteroatoms. The summed E-state index contributed by atoms with van der Waals surface area (Å²) in [6.07, 6.45) is 2.27. The number of rotatable bonds is 4. The van der Waals surface area contributed by atoms with Gasteiger partial charge in [0.2, 0.25) is 0 Å². The van der Waals surface area contributed by atoms with Crippen LogP contribution < -0.4 is 4.74 Å². The summed E-state index contributed by atoms with van der Waals surface area (Å²) in [4.78, 5) is 23.5. The van der Waals surface area contributed by atoms with Crippen molar-refractivity contribution in [3.8, 4) is 5.75 Å². The van der Waals surface area contributed by atoms with Crippen LogP contribution in [0.25, 0.3) is 10.8 Å². The molecule has 1 saturated heterocycles. The van der Waals surface area contributed by atoms with Gasteiger partial charge in [-0.2, -0.15) is 0 Å². The molecule has 0 unspecified atom stereocenters. The summed E-state index contributed by atoms with van der Waals surface area (Å²) in [6.45, 7) is 3.01. The number of benzene rings is 2. The lowest BCUT2D eigenvalue weighted by Gasteiger charge is -2.20. The van der Waals surface area contributed by atoms with E-state index in [1.165, 1.54) is 0 Å². The third kappa shape index (κ3) is 3.96. The zero-order valence-electron chi connectivity index (χ0n) is 13.2. The highest BCUT2D eigenvalue weighted by Crippen LogP contribution is 2.24. The van der Waals surface area contributed by atoms with Crippen molar-refractivity contribution in [2.45, 2.75) is 26.2 Å². The van der Waals surface area contributed by atoms with Crippen molar-refractivity contribution >= 4 is 22.5 Å². The molecule has 0 aliphatic carbocycles. The molecule has 0 atom stereocenters. The molecule has 0 spiro atoms. The van der Waals surface area contributed by atoms with E-state index in [4.69, 9.17) is 9.47 Å². The molecule has 2 aromatic rings. The van der Waals surface area contributed by atoms with E-state index >= 15 is 0 Å². The molecule has 0 aromatic heterocycles. The van der Waals surface area contributed by atoms with Gasteiger partial charge in [0, 0.05) is 25.2 Å². The largest absolute Gasteiger partial charge is 0.426 e. The van der Waals surface area contributed by atoms with Gasteiger partial charge in [-0.1, -0.05) is 18.2 Å². The van der Waals surface area contributed by atoms with Gasteiger partial charge in [0.1, 0.15) is 5.75 Å². The van der Waals surface area contributed by atoms with Crippen LogP contribution >= 0.6 is 0 Å². The second-order valence-electron chi connectivity index (χ2n) is 6.01. The second kappa shape index (κ2) is 6.92. The third-order valence-corrected chi connectivity index (χ3v) is 4.25. The topological polar surface area (TPSA) is 52.6 Å². The van der Waals surface area contributed by atoms with E-state index in [2.05, 4.69) is 0 Å². The van der Waals surface area contributed by atoms with Crippen LogP contribution in [0.15, 0.2) is 36.4 Å². The lowest BCUT2D eigenvalue weighted by Crippen LogP contribution is -2.21. The Morgan fingerprint density at radius 3 is 2.52 bits per heavy atom. The number of Topliss-reactive ketones (excluding diaryl/α,β-unsaturated/α-hetero) is 1. The molecule has 0 radical (unpaired) electrons. The SMILES string of the molecule is CC(=O)c1ccc2cc(OC(=O)CC3CCOCC3)ccc2c1. The van der Waals surface area contributed by atoms with Gasteiger partial charge in [0.15, 0.2) is 5.78 Å². The Labute approximate surface area is 135 Å². The number of carbonyl (C=O) groups excluding carboxylic acids is 2. The minimum Gasteiger partial charge on any atom is -0.426 e. The Morgan fingerprint density at radius 2 is 1.78 bits per heavy atom. The van der Waals surface area contributed by atoms with Crippen molar-refractivity contribution in [3.05, 3.63) is 42.0 Å². The number of hydrogen-bond donors (Lipinski definition) is 0. The standard InChI is InChI=1S/C19H20O4/c1-13(20)15-2-3-17-12-18(5-4-16(17)11-15)23-19(21)10-14-6-8-22-9-7-14/h2-5,11-12,14H,6-10H2,1H3. The monoisotopic (exact) mass is 312 g/mol. The number of carbonyl (C=O) groups is 2. The van der Waals surface area contributed by atoms with Crippen molar-refractivity contribution in [3.63, 3.8) is 0 Å². The first-order chi connectivity index (χ1) is 11.1. The maximum absolute atomic E-state index is 12.1. The summed E-state index contributed by atoms with van der Waals surface area (Å²) in [7, 11) is 0. The van der Waals surface area contributed by atoms with Crippen molar-refractivity contribution in [2.75, 3.05) is 13.2 Å². The van der Waals surface area contributed by atoms with Crippen LogP contribution in [0.1, 0.15) is 36.5 Å². The number of ketones is 1. The molecule has 2 aromatic carbocycles. The van der Waals surface area contributed by atoms with E-state index in [9.17, 15) is 9.59 Å². The summed E-state index contributed by atoms with van der Waals surface area (Å²) >= 11 is 0. The normalized spacial score (nSPS) is 15.5. The Bertz CT molecular complexity index is 729. The molecule has 1 aliphatic heterocycles. The maximum atomic E-state index is 12.1. The lowest BCUT2D eigenvalue weighted by atomic mass is 9.97. The molecule has 3 rings (SSSR count). The van der Waals surface area contributed by atoms with Crippen LogP contribution in [0.3, 0.4) is 0 Å². The molecule has 120 valence electrons. The number of hydrogen-bond acceptors (Lipinski definition) is 4. The molecule has 1 heterocycles. The second-order valence-corrected chi connectivity index (χ2v) is 6.01. The summed E-state index contributed by atoms with van der Waals surface area (Å²) in [5.74, 6) is 0.746. The zero-order valence-corrected chi connectivity index (χ0v) is 13.2. The average Bonchev–Trinajstić information content (AvgIpc) is 2.55. The molecule has 4 nitrogen and oxygen atoms in total. The van der Waals surface area contributed by atoms with Gasteiger partial charge in [-0.3, -0.25) is 9.59 Å². The highest BCUT2D eigenvalue weighted by atomic mass is 16.5. The molecule has 0 bridgehead atoms. The van der Waals surface area contributed by atoms with Crippen LogP contribution in [-0.2, 0) is 9.53 Å². The third-order valence-electron chi connectivity index (χ3n) is 4.25. The van der Waals surface area contributed by atoms with Crippen LogP contribution in [0, 0.1) is 5.92 Å². The lowest BCUT2D eigenvalue weighted by molar-refractivity contribution is -0.136. The van der Waals surface area contributed by atoms with Crippen LogP contribution in [0.2, 0.25) is 0 Å². The Kier molecular flexibility index (Phi) is 4.72. The van der Waals surface area contributed by atoms with Gasteiger partial charge in [-0.25, -0.2) is 0 Å². The van der Waals surface area contributed by atoms with Crippen molar-refractivity contribution in [2.24, 2.45) is 5.92 Å². The van der Waals surface area contributed by atoms with Crippen LogP contribution in [0.5, 0.6) is 5.75 Å². The minimum atomic E-state index is -0.198. The summed E-state index contributed by atoms with van der Waals surface area (Å²) in [5.41, 5.74) is 0.682. The van der Waals surface area contributed by atoms with Crippen molar-refractivity contribution in [1.29, 1.82) is 0 Å². The predicted octanol–water partition coefficient (Wildman–Crippen LogP) is 3.76. The van der Waals surface area contributed by atoms with Crippen LogP contribution in [-0.4, -0.2) is 25.0 Å². The molecule has 0 amide bonds. The highest BCUT2D eigenvalue weighted by molar-refractivity contribution is 5.98. The Morgan fingerprint density at radius 1 is 1.09 bits per heavy atom. The smallest absolute Gasteiger partial charge is 0.311 e. The van der Waals surface area contributed by atoms with E-state index in [-0.39, 0.29) is 11.8 Å². The van der Waals surface area contributed by atoms with Crippen LogP contribution in [0.4, 0.5) is 0 Å². The van der Waals surface area contributed by atoms with Crippen molar-refractivity contribution in [1.82, 2.24) is 0 Å². The van der Waals surface area contributed by atoms with Gasteiger partial charge < -0.3 is 9.47 Å². The molecule has 23 heavy (non-hydrogen) atoms. The molecular weight excluding hydrogens is 292 g/mol. The Hall–Kier alpha value is -2.20. The number of fused-ring (bicyclic) bond motifs is 1. The van der Waals surface area contributed by atoms with Gasteiger partial charge in [-0.15, -0.1) is 0 Å². The summed E-state index contributed by atoms with van der Waals surface area (Å²) in [5, 5.41) is 1.91. The summed E-state index contributed by atoms with van der Waals surface area (Å²) < 4.78 is 10.8. The fourth-order valence-electron chi connectivity index (χ4n) is 2.87. The van der Waals surface area contributed by atoms with E-state index in [0.717, 1.165) is 36.8 Å². The predicted molar refractivity (Wildman–Crippen MR) is 87.7 cm³/mol. The average molecular weight is 312 g/mol. The Balaban J connectivity index is 1.69. The van der Waals surface area contributed by atoms with Crippen molar-refractivity contribution < 1.29 is 19.1 Å². The van der Waals surface area contributed by atoms with E-state index in [0.29, 0.717) is 23.7 Å². The number of esters is 1. The van der Waals surface area contributed by atoms with E-state index in [1.807, 2.05) is 24.3 Å². The van der Waals surface area contributed by atoms with Gasteiger partial charge in [0.25, 0.3) is 0 Å². The maximum Gasteiger partial charge on any atom is 0.311 e. The molecule has 1 aliphatic rings. The molecule has 1 fully saturated rings. The fraction of sp³-hybridized carbons (Fsp3) is 0.368. The quantitative estimate of drug-likeness (QED) is 0.490. The first-order valence-electron chi connectivity index (χ1n) is 7.95. The van der Waals surface area contributed by atoms with Gasteiger partial charge in [-0.05, 0) is 54.7 Å². The molecule has 0 N–H and O–H groups in total.